The Morgan fingerprint density at radius 1 is 0.872 bits per heavy atom. The minimum atomic E-state index is -5.08. The third-order valence-corrected chi connectivity index (χ3v) is 6.31. The second kappa shape index (κ2) is 12.1. The first-order valence-corrected chi connectivity index (χ1v) is 11.7. The number of rotatable bonds is 2. The minimum absolute atomic E-state index is 0.330. The summed E-state index contributed by atoms with van der Waals surface area (Å²) in [5.74, 6) is -4.17. The smallest absolute Gasteiger partial charge is 0.490 e. The molecule has 0 bridgehead atoms. The highest BCUT2D eigenvalue weighted by Gasteiger charge is 2.38. The van der Waals surface area contributed by atoms with Gasteiger partial charge in [-0.25, -0.2) is 14.6 Å². The van der Waals surface area contributed by atoms with E-state index in [9.17, 15) is 26.3 Å². The van der Waals surface area contributed by atoms with Crippen LogP contribution in [0.4, 0.5) is 26.3 Å². The van der Waals surface area contributed by atoms with Gasteiger partial charge in [0.2, 0.25) is 0 Å². The lowest BCUT2D eigenvalue weighted by atomic mass is 9.97. The van der Waals surface area contributed by atoms with Crippen LogP contribution in [0.15, 0.2) is 67.0 Å². The number of thiazole rings is 1. The van der Waals surface area contributed by atoms with Gasteiger partial charge in [0, 0.05) is 18.3 Å². The number of aliphatic carboxylic acids is 2. The van der Waals surface area contributed by atoms with Gasteiger partial charge in [0.1, 0.15) is 10.8 Å². The molecule has 4 aromatic rings. The normalized spacial score (nSPS) is 14.6. The molecule has 1 unspecified atom stereocenters. The van der Waals surface area contributed by atoms with Crippen LogP contribution in [0.5, 0.6) is 5.75 Å². The molecule has 0 radical (unpaired) electrons. The van der Waals surface area contributed by atoms with E-state index < -0.39 is 24.3 Å². The summed E-state index contributed by atoms with van der Waals surface area (Å²) in [6.07, 6.45) is -5.52. The lowest BCUT2D eigenvalue weighted by molar-refractivity contribution is -0.193. The molecule has 0 fully saturated rings. The topological polar surface area (TPSA) is 110 Å². The molecule has 0 spiro atoms. The van der Waals surface area contributed by atoms with Gasteiger partial charge in [-0.3, -0.25) is 4.98 Å². The maximum Gasteiger partial charge on any atom is 0.490 e. The van der Waals surface area contributed by atoms with Crippen molar-refractivity contribution in [1.82, 2.24) is 9.97 Å². The monoisotopic (exact) mass is 572 g/mol. The third-order valence-electron chi connectivity index (χ3n) is 5.13. The molecule has 1 aliphatic heterocycles. The van der Waals surface area contributed by atoms with Crippen molar-refractivity contribution in [3.8, 4) is 16.9 Å². The van der Waals surface area contributed by atoms with Crippen LogP contribution in [-0.4, -0.2) is 51.1 Å². The van der Waals surface area contributed by atoms with E-state index in [1.54, 1.807) is 11.3 Å². The third kappa shape index (κ3) is 8.14. The Kier molecular flexibility index (Phi) is 9.11. The van der Waals surface area contributed by atoms with E-state index in [-0.39, 0.29) is 0 Å². The van der Waals surface area contributed by atoms with Gasteiger partial charge in [-0.05, 0) is 53.4 Å². The molecule has 2 aromatic heterocycles. The molecular formula is C25H18F6N2O5S. The highest BCUT2D eigenvalue weighted by molar-refractivity contribution is 7.18. The lowest BCUT2D eigenvalue weighted by Crippen LogP contribution is -2.21. The largest absolute Gasteiger partial charge is 0.493 e. The van der Waals surface area contributed by atoms with Gasteiger partial charge >= 0.3 is 24.3 Å². The average Bonchev–Trinajstić information content (AvgIpc) is 3.32. The molecule has 206 valence electrons. The molecule has 0 saturated carbocycles. The zero-order chi connectivity index (χ0) is 28.8. The second-order valence-corrected chi connectivity index (χ2v) is 8.96. The van der Waals surface area contributed by atoms with E-state index in [0.717, 1.165) is 22.7 Å². The number of carbonyl (C=O) groups is 2. The fraction of sp³-hybridized carbons (Fsp3) is 0.200. The number of pyridine rings is 1. The molecule has 0 saturated heterocycles. The van der Waals surface area contributed by atoms with Gasteiger partial charge in [0.25, 0.3) is 0 Å². The van der Waals surface area contributed by atoms with Crippen molar-refractivity contribution >= 4 is 33.5 Å². The van der Waals surface area contributed by atoms with Crippen molar-refractivity contribution in [2.24, 2.45) is 0 Å². The summed E-state index contributed by atoms with van der Waals surface area (Å²) in [6, 6.07) is 18.8. The summed E-state index contributed by atoms with van der Waals surface area (Å²) >= 11 is 1.78. The van der Waals surface area contributed by atoms with Gasteiger partial charge in [-0.15, -0.1) is 11.3 Å². The number of alkyl halides is 6. The molecular weight excluding hydrogens is 554 g/mol. The molecule has 1 aliphatic rings. The Balaban J connectivity index is 0.000000251. The SMILES string of the molecule is O=C(O)C(F)(F)F.O=C(O)C(F)(F)F.c1ccc2c(c1)CC(c1nc3ccc(-c4ccncc4)cc3s1)CO2. The highest BCUT2D eigenvalue weighted by Crippen LogP contribution is 2.36. The Bertz CT molecular complexity index is 1420. The van der Waals surface area contributed by atoms with Crippen molar-refractivity contribution in [2.75, 3.05) is 6.61 Å². The van der Waals surface area contributed by atoms with Gasteiger partial charge in [0.15, 0.2) is 0 Å². The molecule has 14 heteroatoms. The van der Waals surface area contributed by atoms with Crippen LogP contribution in [0.1, 0.15) is 16.5 Å². The van der Waals surface area contributed by atoms with Crippen molar-refractivity contribution in [1.29, 1.82) is 0 Å². The second-order valence-electron chi connectivity index (χ2n) is 7.90. The molecule has 2 N–H and O–H groups in total. The van der Waals surface area contributed by atoms with Gasteiger partial charge in [-0.1, -0.05) is 24.3 Å². The first kappa shape index (κ1) is 29.4. The van der Waals surface area contributed by atoms with Crippen molar-refractivity contribution in [3.63, 3.8) is 0 Å². The minimum Gasteiger partial charge on any atom is -0.493 e. The molecule has 0 aliphatic carbocycles. The van der Waals surface area contributed by atoms with E-state index in [4.69, 9.17) is 29.5 Å². The van der Waals surface area contributed by atoms with Crippen LogP contribution in [-0.2, 0) is 16.0 Å². The first-order chi connectivity index (χ1) is 18.3. The number of nitrogens with zero attached hydrogens (tertiary/aromatic N) is 2. The van der Waals surface area contributed by atoms with Crippen LogP contribution in [0.2, 0.25) is 0 Å². The Morgan fingerprint density at radius 3 is 2.05 bits per heavy atom. The fourth-order valence-corrected chi connectivity index (χ4v) is 4.42. The van der Waals surface area contributed by atoms with Crippen molar-refractivity contribution in [3.05, 3.63) is 77.6 Å². The van der Waals surface area contributed by atoms with E-state index in [1.807, 2.05) is 36.7 Å². The van der Waals surface area contributed by atoms with E-state index in [0.29, 0.717) is 12.5 Å². The number of benzene rings is 2. The first-order valence-electron chi connectivity index (χ1n) is 10.9. The standard InChI is InChI=1S/C21H16N2OS.2C2HF3O2/c1-2-4-19-16(3-1)11-17(13-24-19)21-23-18-6-5-15(12-20(18)25-21)14-7-9-22-10-8-14;2*3-2(4,5)1(6)7/h1-10,12,17H,11,13H2;2*(H,6,7). The predicted molar refractivity (Wildman–Crippen MR) is 129 cm³/mol. The number of para-hydroxylation sites is 1. The number of fused-ring (bicyclic) bond motifs is 2. The molecule has 3 heterocycles. The van der Waals surface area contributed by atoms with Crippen molar-refractivity contribution in [2.45, 2.75) is 24.7 Å². The van der Waals surface area contributed by atoms with Crippen LogP contribution >= 0.6 is 11.3 Å². The zero-order valence-corrected chi connectivity index (χ0v) is 20.3. The number of aromatic nitrogens is 2. The quantitative estimate of drug-likeness (QED) is 0.270. The molecule has 0 amide bonds. The van der Waals surface area contributed by atoms with Crippen molar-refractivity contribution < 1.29 is 50.9 Å². The van der Waals surface area contributed by atoms with Gasteiger partial charge in [-0.2, -0.15) is 26.3 Å². The van der Waals surface area contributed by atoms with Crippen LogP contribution in [0.25, 0.3) is 21.3 Å². The van der Waals surface area contributed by atoms with Gasteiger partial charge < -0.3 is 14.9 Å². The Hall–Kier alpha value is -4.20. The predicted octanol–water partition coefficient (Wildman–Crippen LogP) is 6.34. The van der Waals surface area contributed by atoms with Crippen LogP contribution in [0, 0.1) is 0 Å². The summed E-state index contributed by atoms with van der Waals surface area (Å²) in [5.41, 5.74) is 4.73. The van der Waals surface area contributed by atoms with E-state index in [1.165, 1.54) is 21.4 Å². The Labute approximate surface area is 220 Å². The summed E-state index contributed by atoms with van der Waals surface area (Å²) in [6.45, 7) is 0.702. The fourth-order valence-electron chi connectivity index (χ4n) is 3.33. The number of hydrogen-bond acceptors (Lipinski definition) is 6. The van der Waals surface area contributed by atoms with Crippen LogP contribution in [0.3, 0.4) is 0 Å². The van der Waals surface area contributed by atoms with E-state index in [2.05, 4.69) is 35.3 Å². The number of hydrogen-bond donors (Lipinski definition) is 2. The molecule has 5 rings (SSSR count). The number of halogens is 6. The summed E-state index contributed by atoms with van der Waals surface area (Å²) in [5, 5.41) is 15.4. The number of carboxylic acid groups (broad SMARTS) is 2. The maximum absolute atomic E-state index is 10.6. The molecule has 39 heavy (non-hydrogen) atoms. The summed E-state index contributed by atoms with van der Waals surface area (Å²) in [4.78, 5) is 26.8. The Morgan fingerprint density at radius 2 is 1.46 bits per heavy atom. The van der Waals surface area contributed by atoms with Gasteiger partial charge in [0.05, 0.1) is 16.8 Å². The molecule has 7 nitrogen and oxygen atoms in total. The molecule has 1 atom stereocenters. The maximum atomic E-state index is 10.6. The highest BCUT2D eigenvalue weighted by atomic mass is 32.1. The number of carboxylic acids is 2. The zero-order valence-electron chi connectivity index (χ0n) is 19.5. The number of ether oxygens (including phenoxy) is 1. The summed E-state index contributed by atoms with van der Waals surface area (Å²) in [7, 11) is 0. The summed E-state index contributed by atoms with van der Waals surface area (Å²) < 4.78 is 70.6. The van der Waals surface area contributed by atoms with Crippen LogP contribution < -0.4 is 4.74 Å². The molecule has 2 aromatic carbocycles. The lowest BCUT2D eigenvalue weighted by Gasteiger charge is -2.23. The average molecular weight is 572 g/mol. The van der Waals surface area contributed by atoms with E-state index >= 15 is 0 Å².